The largest absolute Gasteiger partial charge is 0.464 e. The third kappa shape index (κ3) is 0.870. The maximum absolute atomic E-state index is 13.0. The minimum absolute atomic E-state index is 0.0238. The molecule has 0 amide bonds. The molecule has 14 heavy (non-hydrogen) atoms. The van der Waals surface area contributed by atoms with Crippen LogP contribution in [0.1, 0.15) is 12.0 Å². The highest BCUT2D eigenvalue weighted by atomic mass is 19.1. The third-order valence-corrected chi connectivity index (χ3v) is 3.23. The molecule has 2 nitrogen and oxygen atoms in total. The second-order valence-electron chi connectivity index (χ2n) is 4.03. The number of rotatable bonds is 1. The van der Waals surface area contributed by atoms with Gasteiger partial charge in [0.1, 0.15) is 12.4 Å². The third-order valence-electron chi connectivity index (χ3n) is 3.23. The van der Waals surface area contributed by atoms with E-state index < -0.39 is 0 Å². The molecule has 3 rings (SSSR count). The van der Waals surface area contributed by atoms with Crippen LogP contribution in [0.4, 0.5) is 4.39 Å². The van der Waals surface area contributed by atoms with Gasteiger partial charge >= 0.3 is 5.97 Å². The summed E-state index contributed by atoms with van der Waals surface area (Å²) in [6, 6.07) is 6.46. The Kier molecular flexibility index (Phi) is 1.34. The lowest BCUT2D eigenvalue weighted by Gasteiger charge is -2.09. The highest BCUT2D eigenvalue weighted by molar-refractivity contribution is 5.82. The van der Waals surface area contributed by atoms with Crippen molar-refractivity contribution in [3.63, 3.8) is 0 Å². The van der Waals surface area contributed by atoms with Crippen molar-refractivity contribution in [2.45, 2.75) is 11.8 Å². The Bertz CT molecular complexity index is 416. The van der Waals surface area contributed by atoms with E-state index in [2.05, 4.69) is 0 Å². The van der Waals surface area contributed by atoms with Gasteiger partial charge in [0, 0.05) is 5.41 Å². The van der Waals surface area contributed by atoms with E-state index in [0.29, 0.717) is 6.61 Å². The molecule has 0 bridgehead atoms. The van der Waals surface area contributed by atoms with Gasteiger partial charge < -0.3 is 4.74 Å². The summed E-state index contributed by atoms with van der Waals surface area (Å²) in [6.07, 6.45) is 0.815. The van der Waals surface area contributed by atoms with Crippen LogP contribution in [-0.2, 0) is 14.9 Å². The van der Waals surface area contributed by atoms with E-state index in [1.54, 1.807) is 6.07 Å². The molecular weight excluding hydrogens is 183 g/mol. The van der Waals surface area contributed by atoms with E-state index in [1.807, 2.05) is 6.07 Å². The number of ether oxygens (including phenoxy) is 1. The van der Waals surface area contributed by atoms with Crippen LogP contribution >= 0.6 is 0 Å². The number of carbonyl (C=O) groups is 1. The molecule has 1 aromatic carbocycles. The number of benzene rings is 1. The number of carbonyl (C=O) groups excluding carboxylic acids is 1. The van der Waals surface area contributed by atoms with Gasteiger partial charge in [0.15, 0.2) is 0 Å². The zero-order chi connectivity index (χ0) is 9.76. The predicted octanol–water partition coefficient (Wildman–Crippen LogP) is 1.64. The summed E-state index contributed by atoms with van der Waals surface area (Å²) in [7, 11) is 0. The molecule has 2 fully saturated rings. The van der Waals surface area contributed by atoms with Gasteiger partial charge in [0.05, 0.1) is 5.92 Å². The van der Waals surface area contributed by atoms with Crippen LogP contribution in [0.5, 0.6) is 0 Å². The first-order chi connectivity index (χ1) is 6.72. The summed E-state index contributed by atoms with van der Waals surface area (Å²) in [5, 5.41) is 0. The maximum Gasteiger partial charge on any atom is 0.310 e. The van der Waals surface area contributed by atoms with Gasteiger partial charge in [-0.25, -0.2) is 4.39 Å². The van der Waals surface area contributed by atoms with Gasteiger partial charge in [-0.1, -0.05) is 12.1 Å². The number of cyclic esters (lactones) is 1. The number of hydrogen-bond acceptors (Lipinski definition) is 2. The van der Waals surface area contributed by atoms with Gasteiger partial charge in [-0.05, 0) is 24.1 Å². The molecule has 1 aliphatic carbocycles. The molecule has 1 aromatic rings. The quantitative estimate of drug-likeness (QED) is 0.632. The summed E-state index contributed by atoms with van der Waals surface area (Å²) >= 11 is 0. The Morgan fingerprint density at radius 1 is 1.50 bits per heavy atom. The Morgan fingerprint density at radius 3 is 2.93 bits per heavy atom. The number of halogens is 1. The first-order valence-corrected chi connectivity index (χ1v) is 4.65. The van der Waals surface area contributed by atoms with E-state index in [9.17, 15) is 9.18 Å². The van der Waals surface area contributed by atoms with Gasteiger partial charge in [0.25, 0.3) is 0 Å². The standard InChI is InChI=1S/C11H9FO2/c12-8-3-1-2-7(4-8)11-5-9(11)10(13)14-6-11/h1-4,9H,5-6H2/t9-,11+/m0/s1. The van der Waals surface area contributed by atoms with Crippen molar-refractivity contribution >= 4 is 5.97 Å². The van der Waals surface area contributed by atoms with Gasteiger partial charge in [-0.15, -0.1) is 0 Å². The highest BCUT2D eigenvalue weighted by Crippen LogP contribution is 2.58. The van der Waals surface area contributed by atoms with Crippen LogP contribution in [-0.4, -0.2) is 12.6 Å². The fourth-order valence-electron chi connectivity index (χ4n) is 2.27. The Hall–Kier alpha value is -1.38. The second kappa shape index (κ2) is 2.35. The summed E-state index contributed by atoms with van der Waals surface area (Å²) in [6.45, 7) is 0.417. The van der Waals surface area contributed by atoms with Crippen LogP contribution in [0.25, 0.3) is 0 Å². The van der Waals surface area contributed by atoms with Crippen molar-refractivity contribution in [1.29, 1.82) is 0 Å². The van der Waals surface area contributed by atoms with Crippen LogP contribution in [0.15, 0.2) is 24.3 Å². The fourth-order valence-corrected chi connectivity index (χ4v) is 2.27. The molecule has 1 heterocycles. The molecule has 1 saturated heterocycles. The minimum atomic E-state index is -0.248. The monoisotopic (exact) mass is 192 g/mol. The summed E-state index contributed by atoms with van der Waals surface area (Å²) in [4.78, 5) is 11.2. The minimum Gasteiger partial charge on any atom is -0.464 e. The summed E-state index contributed by atoms with van der Waals surface area (Å²) in [5.74, 6) is -0.402. The Morgan fingerprint density at radius 2 is 2.36 bits per heavy atom. The zero-order valence-electron chi connectivity index (χ0n) is 7.50. The maximum atomic E-state index is 13.0. The smallest absolute Gasteiger partial charge is 0.310 e. The number of hydrogen-bond donors (Lipinski definition) is 0. The average Bonchev–Trinajstić information content (AvgIpc) is 2.83. The molecule has 3 heteroatoms. The average molecular weight is 192 g/mol. The highest BCUT2D eigenvalue weighted by Gasteiger charge is 2.65. The molecule has 2 atom stereocenters. The summed E-state index contributed by atoms with van der Waals surface area (Å²) in [5.41, 5.74) is 0.701. The topological polar surface area (TPSA) is 26.3 Å². The molecule has 0 spiro atoms. The van der Waals surface area contributed by atoms with Crippen molar-refractivity contribution in [2.75, 3.05) is 6.61 Å². The molecule has 1 aliphatic heterocycles. The lowest BCUT2D eigenvalue weighted by molar-refractivity contribution is -0.140. The normalized spacial score (nSPS) is 33.8. The Labute approximate surface area is 80.7 Å². The number of esters is 1. The van der Waals surface area contributed by atoms with Crippen molar-refractivity contribution in [2.24, 2.45) is 5.92 Å². The zero-order valence-corrected chi connectivity index (χ0v) is 7.50. The van der Waals surface area contributed by atoms with Crippen molar-refractivity contribution in [1.82, 2.24) is 0 Å². The van der Waals surface area contributed by atoms with Crippen molar-refractivity contribution in [3.05, 3.63) is 35.6 Å². The second-order valence-corrected chi connectivity index (χ2v) is 4.03. The molecular formula is C11H9FO2. The van der Waals surface area contributed by atoms with Crippen LogP contribution in [0.3, 0.4) is 0 Å². The molecule has 1 saturated carbocycles. The van der Waals surface area contributed by atoms with Crippen LogP contribution in [0.2, 0.25) is 0 Å². The SMILES string of the molecule is O=C1OC[C@@]2(c3cccc(F)c3)C[C@@H]12. The van der Waals surface area contributed by atoms with Crippen LogP contribution in [0, 0.1) is 11.7 Å². The molecule has 72 valence electrons. The lowest BCUT2D eigenvalue weighted by atomic mass is 9.95. The summed E-state index contributed by atoms with van der Waals surface area (Å²) < 4.78 is 17.9. The first kappa shape index (κ1) is 7.97. The molecule has 0 N–H and O–H groups in total. The lowest BCUT2D eigenvalue weighted by Crippen LogP contribution is -2.11. The molecule has 0 unspecified atom stereocenters. The van der Waals surface area contributed by atoms with E-state index in [1.165, 1.54) is 12.1 Å². The van der Waals surface area contributed by atoms with E-state index >= 15 is 0 Å². The van der Waals surface area contributed by atoms with Gasteiger partial charge in [-0.3, -0.25) is 4.79 Å². The Balaban J connectivity index is 2.01. The van der Waals surface area contributed by atoms with Gasteiger partial charge in [-0.2, -0.15) is 0 Å². The van der Waals surface area contributed by atoms with Crippen molar-refractivity contribution < 1.29 is 13.9 Å². The molecule has 0 radical (unpaired) electrons. The van der Waals surface area contributed by atoms with Crippen LogP contribution < -0.4 is 0 Å². The molecule has 2 aliphatic rings. The molecule has 0 aromatic heterocycles. The van der Waals surface area contributed by atoms with Gasteiger partial charge in [0.2, 0.25) is 0 Å². The van der Waals surface area contributed by atoms with E-state index in [0.717, 1.165) is 12.0 Å². The number of fused-ring (bicyclic) bond motifs is 1. The predicted molar refractivity (Wildman–Crippen MR) is 47.1 cm³/mol. The van der Waals surface area contributed by atoms with E-state index in [4.69, 9.17) is 4.74 Å². The van der Waals surface area contributed by atoms with E-state index in [-0.39, 0.29) is 23.1 Å². The van der Waals surface area contributed by atoms with Crippen molar-refractivity contribution in [3.8, 4) is 0 Å². The fraction of sp³-hybridized carbons (Fsp3) is 0.364. The first-order valence-electron chi connectivity index (χ1n) is 4.65.